The van der Waals surface area contributed by atoms with Gasteiger partial charge in [-0.3, -0.25) is 4.79 Å². The first-order valence-corrected chi connectivity index (χ1v) is 5.33. The first kappa shape index (κ1) is 15.0. The summed E-state index contributed by atoms with van der Waals surface area (Å²) in [7, 11) is 0. The molecule has 0 radical (unpaired) electrons. The molecule has 0 aliphatic carbocycles. The van der Waals surface area contributed by atoms with Crippen molar-refractivity contribution < 1.29 is 32.2 Å². The van der Waals surface area contributed by atoms with E-state index in [4.69, 9.17) is 4.74 Å². The van der Waals surface area contributed by atoms with E-state index in [1.165, 1.54) is 6.07 Å². The molecule has 0 amide bonds. The van der Waals surface area contributed by atoms with Crippen molar-refractivity contribution in [2.45, 2.75) is 13.1 Å². The predicted molar refractivity (Wildman–Crippen MR) is 59.0 cm³/mol. The largest absolute Gasteiger partial charge is 0.481 e. The Morgan fingerprint density at radius 1 is 1.37 bits per heavy atom. The Morgan fingerprint density at radius 3 is 2.58 bits per heavy atom. The van der Waals surface area contributed by atoms with Crippen molar-refractivity contribution in [3.05, 3.63) is 29.3 Å². The molecule has 104 valence electrons. The SMILES string of the molecule is CCOC(=O)COc1ccc(C=O)cc1C(F)(F)F. The summed E-state index contributed by atoms with van der Waals surface area (Å²) in [6.45, 7) is 1.05. The van der Waals surface area contributed by atoms with Gasteiger partial charge in [-0.05, 0) is 25.1 Å². The molecule has 0 aromatic heterocycles. The molecule has 0 saturated heterocycles. The fourth-order valence-electron chi connectivity index (χ4n) is 1.31. The van der Waals surface area contributed by atoms with Crippen molar-refractivity contribution >= 4 is 12.3 Å². The van der Waals surface area contributed by atoms with Crippen molar-refractivity contribution in [1.82, 2.24) is 0 Å². The molecule has 0 heterocycles. The van der Waals surface area contributed by atoms with Gasteiger partial charge in [0.15, 0.2) is 6.61 Å². The van der Waals surface area contributed by atoms with Crippen LogP contribution in [-0.2, 0) is 15.7 Å². The number of alkyl halides is 3. The van der Waals surface area contributed by atoms with Crippen LogP contribution in [0.15, 0.2) is 18.2 Å². The molecule has 0 fully saturated rings. The second kappa shape index (κ2) is 6.21. The van der Waals surface area contributed by atoms with Gasteiger partial charge in [0.25, 0.3) is 0 Å². The molecular formula is C12H11F3O4. The van der Waals surface area contributed by atoms with Crippen LogP contribution in [0.4, 0.5) is 13.2 Å². The second-order valence-electron chi connectivity index (χ2n) is 3.46. The van der Waals surface area contributed by atoms with Crippen molar-refractivity contribution in [3.63, 3.8) is 0 Å². The van der Waals surface area contributed by atoms with Gasteiger partial charge in [0.2, 0.25) is 0 Å². The molecule has 0 atom stereocenters. The van der Waals surface area contributed by atoms with Crippen molar-refractivity contribution in [2.75, 3.05) is 13.2 Å². The number of ether oxygens (including phenoxy) is 2. The highest BCUT2D eigenvalue weighted by Crippen LogP contribution is 2.36. The molecule has 0 aliphatic heterocycles. The van der Waals surface area contributed by atoms with Crippen molar-refractivity contribution in [3.8, 4) is 5.75 Å². The third-order valence-corrected chi connectivity index (χ3v) is 2.10. The average Bonchev–Trinajstić information content (AvgIpc) is 2.35. The van der Waals surface area contributed by atoms with Gasteiger partial charge >= 0.3 is 12.1 Å². The zero-order valence-corrected chi connectivity index (χ0v) is 9.99. The molecule has 0 bridgehead atoms. The summed E-state index contributed by atoms with van der Waals surface area (Å²) in [6, 6.07) is 2.82. The predicted octanol–water partition coefficient (Wildman–Crippen LogP) is 2.46. The van der Waals surface area contributed by atoms with Crippen LogP contribution < -0.4 is 4.74 Å². The third kappa shape index (κ3) is 4.27. The zero-order chi connectivity index (χ0) is 14.5. The van der Waals surface area contributed by atoms with Crippen LogP contribution in [0, 0.1) is 0 Å². The van der Waals surface area contributed by atoms with Gasteiger partial charge in [-0.15, -0.1) is 0 Å². The lowest BCUT2D eigenvalue weighted by atomic mass is 10.1. The molecule has 7 heteroatoms. The summed E-state index contributed by atoms with van der Waals surface area (Å²) in [5.74, 6) is -1.29. The number of benzene rings is 1. The number of aldehydes is 1. The Kier molecular flexibility index (Phi) is 4.91. The molecular weight excluding hydrogens is 265 g/mol. The van der Waals surface area contributed by atoms with Crippen molar-refractivity contribution in [1.29, 1.82) is 0 Å². The number of rotatable bonds is 5. The molecule has 0 unspecified atom stereocenters. The Balaban J connectivity index is 2.94. The van der Waals surface area contributed by atoms with E-state index in [1.807, 2.05) is 0 Å². The highest BCUT2D eigenvalue weighted by Gasteiger charge is 2.34. The Morgan fingerprint density at radius 2 is 2.05 bits per heavy atom. The van der Waals surface area contributed by atoms with E-state index < -0.39 is 30.1 Å². The maximum Gasteiger partial charge on any atom is 0.419 e. The Bertz CT molecular complexity index is 469. The molecule has 1 aromatic carbocycles. The summed E-state index contributed by atoms with van der Waals surface area (Å²) >= 11 is 0. The molecule has 4 nitrogen and oxygen atoms in total. The van der Waals surface area contributed by atoms with Crippen LogP contribution >= 0.6 is 0 Å². The number of carbonyl (C=O) groups excluding carboxylic acids is 2. The minimum absolute atomic E-state index is 0.110. The van der Waals surface area contributed by atoms with Crippen LogP contribution in [0.5, 0.6) is 5.75 Å². The lowest BCUT2D eigenvalue weighted by Crippen LogP contribution is -2.17. The van der Waals surface area contributed by atoms with Crippen molar-refractivity contribution in [2.24, 2.45) is 0 Å². The lowest BCUT2D eigenvalue weighted by molar-refractivity contribution is -0.147. The van der Waals surface area contributed by atoms with E-state index in [0.29, 0.717) is 12.4 Å². The van der Waals surface area contributed by atoms with Gasteiger partial charge in [-0.2, -0.15) is 13.2 Å². The molecule has 0 N–H and O–H groups in total. The lowest BCUT2D eigenvalue weighted by Gasteiger charge is -2.13. The number of halogens is 3. The third-order valence-electron chi connectivity index (χ3n) is 2.10. The van der Waals surface area contributed by atoms with E-state index in [2.05, 4.69) is 4.74 Å². The van der Waals surface area contributed by atoms with Gasteiger partial charge in [0.1, 0.15) is 12.0 Å². The normalized spacial score (nSPS) is 10.9. The summed E-state index contributed by atoms with van der Waals surface area (Å²) in [6.07, 6.45) is -4.38. The highest BCUT2D eigenvalue weighted by molar-refractivity contribution is 5.76. The average molecular weight is 276 g/mol. The minimum Gasteiger partial charge on any atom is -0.481 e. The smallest absolute Gasteiger partial charge is 0.419 e. The van der Waals surface area contributed by atoms with Crippen LogP contribution in [0.3, 0.4) is 0 Å². The van der Waals surface area contributed by atoms with Gasteiger partial charge in [-0.1, -0.05) is 0 Å². The molecule has 0 aliphatic rings. The monoisotopic (exact) mass is 276 g/mol. The second-order valence-corrected chi connectivity index (χ2v) is 3.46. The number of carbonyl (C=O) groups is 2. The summed E-state index contributed by atoms with van der Waals surface area (Å²) < 4.78 is 47.5. The molecule has 1 rings (SSSR count). The molecule has 19 heavy (non-hydrogen) atoms. The molecule has 0 saturated carbocycles. The fraction of sp³-hybridized carbons (Fsp3) is 0.333. The Hall–Kier alpha value is -2.05. The van der Waals surface area contributed by atoms with Gasteiger partial charge < -0.3 is 9.47 Å². The standard InChI is InChI=1S/C12H11F3O4/c1-2-18-11(17)7-19-10-4-3-8(6-16)5-9(10)12(13,14)15/h3-6H,2,7H2,1H3. The highest BCUT2D eigenvalue weighted by atomic mass is 19.4. The first-order valence-electron chi connectivity index (χ1n) is 5.33. The summed E-state index contributed by atoms with van der Waals surface area (Å²) in [5.41, 5.74) is -1.24. The van der Waals surface area contributed by atoms with E-state index in [1.54, 1.807) is 6.92 Å². The Labute approximate surface area is 107 Å². The van der Waals surface area contributed by atoms with Gasteiger partial charge in [0, 0.05) is 5.56 Å². The molecule has 0 spiro atoms. The first-order chi connectivity index (χ1) is 8.88. The van der Waals surface area contributed by atoms with E-state index in [0.717, 1.165) is 6.07 Å². The van der Waals surface area contributed by atoms with E-state index >= 15 is 0 Å². The van der Waals surface area contributed by atoms with Crippen LogP contribution in [0.1, 0.15) is 22.8 Å². The minimum atomic E-state index is -4.68. The van der Waals surface area contributed by atoms with Crippen LogP contribution in [0.2, 0.25) is 0 Å². The van der Waals surface area contributed by atoms with E-state index in [9.17, 15) is 22.8 Å². The molecule has 1 aromatic rings. The number of hydrogen-bond acceptors (Lipinski definition) is 4. The quantitative estimate of drug-likeness (QED) is 0.612. The van der Waals surface area contributed by atoms with Gasteiger partial charge in [0.05, 0.1) is 12.2 Å². The van der Waals surface area contributed by atoms with Crippen LogP contribution in [-0.4, -0.2) is 25.5 Å². The fourth-order valence-corrected chi connectivity index (χ4v) is 1.31. The maximum atomic E-state index is 12.7. The number of hydrogen-bond donors (Lipinski definition) is 0. The maximum absolute atomic E-state index is 12.7. The number of esters is 1. The van der Waals surface area contributed by atoms with Gasteiger partial charge in [-0.25, -0.2) is 4.79 Å². The van der Waals surface area contributed by atoms with E-state index in [-0.39, 0.29) is 12.2 Å². The summed E-state index contributed by atoms with van der Waals surface area (Å²) in [5, 5.41) is 0. The summed E-state index contributed by atoms with van der Waals surface area (Å²) in [4.78, 5) is 21.5. The topological polar surface area (TPSA) is 52.6 Å². The zero-order valence-electron chi connectivity index (χ0n) is 9.99. The van der Waals surface area contributed by atoms with Crippen LogP contribution in [0.25, 0.3) is 0 Å².